The number of sulfonamides is 1. The van der Waals surface area contributed by atoms with E-state index >= 15 is 0 Å². The Morgan fingerprint density at radius 3 is 2.32 bits per heavy atom. The lowest BCUT2D eigenvalue weighted by molar-refractivity contribution is -0.255. The normalized spacial score (nSPS) is 13.9. The van der Waals surface area contributed by atoms with Crippen molar-refractivity contribution in [1.29, 1.82) is 0 Å². The van der Waals surface area contributed by atoms with Gasteiger partial charge in [-0.15, -0.1) is 0 Å². The quantitative estimate of drug-likeness (QED) is 0.284. The molecule has 10 heteroatoms. The van der Waals surface area contributed by atoms with Gasteiger partial charge in [0.2, 0.25) is 6.79 Å². The van der Waals surface area contributed by atoms with Gasteiger partial charge in [0.05, 0.1) is 10.9 Å². The molecule has 1 aliphatic heterocycles. The van der Waals surface area contributed by atoms with Crippen molar-refractivity contribution in [2.45, 2.75) is 50.5 Å². The monoisotopic (exact) mass is 537 g/mol. The van der Waals surface area contributed by atoms with Crippen molar-refractivity contribution in [3.63, 3.8) is 0 Å². The van der Waals surface area contributed by atoms with Crippen LogP contribution in [0.5, 0.6) is 17.2 Å². The van der Waals surface area contributed by atoms with Crippen LogP contribution < -0.4 is 24.4 Å². The zero-order valence-electron chi connectivity index (χ0n) is 21.2. The molecule has 38 heavy (non-hydrogen) atoms. The molecule has 9 nitrogen and oxygen atoms in total. The van der Waals surface area contributed by atoms with Crippen LogP contribution in [-0.2, 0) is 16.4 Å². The van der Waals surface area contributed by atoms with Crippen LogP contribution in [0.25, 0.3) is 0 Å². The van der Waals surface area contributed by atoms with Crippen LogP contribution in [0.15, 0.2) is 70.0 Å². The Morgan fingerprint density at radius 2 is 1.66 bits per heavy atom. The first-order valence-electron chi connectivity index (χ1n) is 12.1. The zero-order chi connectivity index (χ0) is 27.4. The number of carboxylic acids is 1. The van der Waals surface area contributed by atoms with Crippen molar-refractivity contribution >= 4 is 21.9 Å². The predicted octanol–water partition coefficient (Wildman–Crippen LogP) is 3.12. The maximum atomic E-state index is 13.4. The minimum Gasteiger partial charge on any atom is -0.858 e. The highest BCUT2D eigenvalue weighted by molar-refractivity contribution is 7.90. The Kier molecular flexibility index (Phi) is 7.91. The van der Waals surface area contributed by atoms with E-state index in [2.05, 4.69) is 4.40 Å². The van der Waals surface area contributed by atoms with E-state index < -0.39 is 28.0 Å². The Balaban J connectivity index is 1.76. The van der Waals surface area contributed by atoms with E-state index in [-0.39, 0.29) is 28.9 Å². The summed E-state index contributed by atoms with van der Waals surface area (Å²) in [4.78, 5) is 11.2. The standard InChI is InChI=1S/C28H29NO8S/c1-4-5-19-14-21(28(31)32)9-12-23(19)37-26(20-8-13-24-25(15-20)36-16-35-24)27(30)29-38(33,34)22-10-6-18(7-11-22)17(2)3/h6-15,17,26H,4-5,16H2,1-3H3,(H,29,30)(H,31,32)/p-2. The molecular weight excluding hydrogens is 510 g/mol. The highest BCUT2D eigenvalue weighted by atomic mass is 32.2. The second-order valence-electron chi connectivity index (χ2n) is 9.10. The summed E-state index contributed by atoms with van der Waals surface area (Å²) in [5.41, 5.74) is 1.73. The third-order valence-corrected chi connectivity index (χ3v) is 7.33. The molecule has 0 aliphatic carbocycles. The number of hydrogen-bond acceptors (Lipinski definition) is 8. The van der Waals surface area contributed by atoms with E-state index in [9.17, 15) is 23.4 Å². The van der Waals surface area contributed by atoms with Crippen molar-refractivity contribution in [2.24, 2.45) is 4.40 Å². The minimum absolute atomic E-state index is 0.00865. The van der Waals surface area contributed by atoms with Gasteiger partial charge in [0.1, 0.15) is 5.75 Å². The number of carbonyl (C=O) groups is 1. The Labute approximate surface area is 221 Å². The average Bonchev–Trinajstić information content (AvgIpc) is 3.35. The van der Waals surface area contributed by atoms with E-state index in [1.807, 2.05) is 20.8 Å². The van der Waals surface area contributed by atoms with Crippen molar-refractivity contribution in [3.8, 4) is 17.2 Å². The third-order valence-electron chi connectivity index (χ3n) is 6.04. The van der Waals surface area contributed by atoms with Crippen molar-refractivity contribution in [2.75, 3.05) is 6.79 Å². The van der Waals surface area contributed by atoms with Gasteiger partial charge < -0.3 is 29.2 Å². The zero-order valence-corrected chi connectivity index (χ0v) is 22.0. The smallest absolute Gasteiger partial charge is 0.281 e. The van der Waals surface area contributed by atoms with Crippen molar-refractivity contribution in [1.82, 2.24) is 0 Å². The van der Waals surface area contributed by atoms with Crippen LogP contribution in [0, 0.1) is 0 Å². The van der Waals surface area contributed by atoms with E-state index in [4.69, 9.17) is 14.2 Å². The summed E-state index contributed by atoms with van der Waals surface area (Å²) in [6, 6.07) is 15.0. The number of benzene rings is 3. The molecule has 1 unspecified atom stereocenters. The summed E-state index contributed by atoms with van der Waals surface area (Å²) in [6.45, 7) is 5.88. The van der Waals surface area contributed by atoms with E-state index in [1.165, 1.54) is 36.4 Å². The third kappa shape index (κ3) is 5.91. The molecule has 0 N–H and O–H groups in total. The number of hydrogen-bond donors (Lipinski definition) is 0. The van der Waals surface area contributed by atoms with Crippen molar-refractivity contribution < 1.29 is 37.6 Å². The maximum Gasteiger partial charge on any atom is 0.281 e. The van der Waals surface area contributed by atoms with Crippen LogP contribution in [0.1, 0.15) is 66.3 Å². The lowest BCUT2D eigenvalue weighted by Crippen LogP contribution is -2.31. The highest BCUT2D eigenvalue weighted by Crippen LogP contribution is 2.36. The molecule has 200 valence electrons. The summed E-state index contributed by atoms with van der Waals surface area (Å²) in [5, 5.41) is 24.8. The largest absolute Gasteiger partial charge is 0.858 e. The minimum atomic E-state index is -4.34. The molecule has 0 fully saturated rings. The molecule has 3 aromatic rings. The fraction of sp³-hybridized carbons (Fsp3) is 0.286. The van der Waals surface area contributed by atoms with Gasteiger partial charge >= 0.3 is 0 Å². The number of ether oxygens (including phenoxy) is 3. The predicted molar refractivity (Wildman–Crippen MR) is 136 cm³/mol. The molecule has 0 radical (unpaired) electrons. The van der Waals surface area contributed by atoms with Gasteiger partial charge in [0, 0.05) is 11.5 Å². The summed E-state index contributed by atoms with van der Waals surface area (Å²) >= 11 is 0. The lowest BCUT2D eigenvalue weighted by Gasteiger charge is -2.26. The fourth-order valence-corrected chi connectivity index (χ4v) is 4.91. The number of rotatable bonds is 10. The van der Waals surface area contributed by atoms with E-state index in [0.717, 1.165) is 5.56 Å². The second kappa shape index (κ2) is 11.1. The highest BCUT2D eigenvalue weighted by Gasteiger charge is 2.23. The Morgan fingerprint density at radius 1 is 0.974 bits per heavy atom. The van der Waals surface area contributed by atoms with Crippen LogP contribution in [0.4, 0.5) is 0 Å². The molecule has 3 aromatic carbocycles. The molecule has 0 aromatic heterocycles. The topological polar surface area (TPSA) is 137 Å². The molecule has 1 aliphatic rings. The molecular formula is C28H27NO8S-2. The summed E-state index contributed by atoms with van der Waals surface area (Å²) in [6.07, 6.45) is -0.338. The van der Waals surface area contributed by atoms with Crippen LogP contribution in [0.2, 0.25) is 0 Å². The Hall–Kier alpha value is -4.05. The van der Waals surface area contributed by atoms with E-state index in [0.29, 0.717) is 35.5 Å². The molecule has 1 heterocycles. The second-order valence-corrected chi connectivity index (χ2v) is 10.7. The van der Waals surface area contributed by atoms with Gasteiger partial charge in [-0.05, 0) is 71.5 Å². The first-order valence-corrected chi connectivity index (χ1v) is 13.6. The van der Waals surface area contributed by atoms with Crippen molar-refractivity contribution in [3.05, 3.63) is 82.9 Å². The summed E-state index contributed by atoms with van der Waals surface area (Å²) < 4.78 is 46.4. The SMILES string of the molecule is CCCc1cc(C(=O)[O-])ccc1OC(/C([O-])=N/S(=O)(=O)c1ccc(C(C)C)cc1)c1ccc2c(c1)OCO2. The number of carbonyl (C=O) groups excluding carboxylic acids is 1. The van der Waals surface area contributed by atoms with Gasteiger partial charge in [0.25, 0.3) is 10.0 Å². The number of aryl methyl sites for hydroxylation is 1. The fourth-order valence-electron chi connectivity index (χ4n) is 3.99. The van der Waals surface area contributed by atoms with Gasteiger partial charge in [-0.25, -0.2) is 0 Å². The Bertz CT molecular complexity index is 1460. The average molecular weight is 538 g/mol. The van der Waals surface area contributed by atoms with E-state index in [1.54, 1.807) is 24.3 Å². The van der Waals surface area contributed by atoms with Gasteiger partial charge in [-0.3, -0.25) is 0 Å². The molecule has 0 bridgehead atoms. The van der Waals surface area contributed by atoms with Crippen LogP contribution in [-0.4, -0.2) is 27.1 Å². The number of nitrogens with zero attached hydrogens (tertiary/aromatic N) is 1. The lowest BCUT2D eigenvalue weighted by atomic mass is 10.0. The molecule has 0 spiro atoms. The molecule has 0 saturated carbocycles. The molecule has 0 saturated heterocycles. The summed E-state index contributed by atoms with van der Waals surface area (Å²) in [5.74, 6) is -1.13. The number of fused-ring (bicyclic) bond motifs is 1. The van der Waals surface area contributed by atoms with Crippen LogP contribution in [0.3, 0.4) is 0 Å². The first-order chi connectivity index (χ1) is 18.1. The van der Waals surface area contributed by atoms with Gasteiger partial charge in [-0.2, -0.15) is 12.8 Å². The van der Waals surface area contributed by atoms with Gasteiger partial charge in [-0.1, -0.05) is 45.4 Å². The number of aromatic carboxylic acids is 1. The molecule has 1 atom stereocenters. The molecule has 4 rings (SSSR count). The summed E-state index contributed by atoms with van der Waals surface area (Å²) in [7, 11) is -4.34. The maximum absolute atomic E-state index is 13.4. The number of carboxylic acid groups (broad SMARTS) is 1. The van der Waals surface area contributed by atoms with Crippen LogP contribution >= 0.6 is 0 Å². The molecule has 0 amide bonds. The van der Waals surface area contributed by atoms with Gasteiger partial charge in [0.15, 0.2) is 17.6 Å². The first kappa shape index (κ1) is 27.0.